The first kappa shape index (κ1) is 10.6. The lowest BCUT2D eigenvalue weighted by atomic mass is 10.4. The van der Waals surface area contributed by atoms with E-state index in [0.717, 1.165) is 4.88 Å². The zero-order chi connectivity index (χ0) is 11.5. The van der Waals surface area contributed by atoms with Crippen LogP contribution in [0.25, 0.3) is 0 Å². The average Bonchev–Trinajstić information content (AvgIpc) is 2.84. The number of aromatic nitrogens is 3. The van der Waals surface area contributed by atoms with Crippen LogP contribution in [-0.4, -0.2) is 21.1 Å². The molecule has 1 amide bonds. The van der Waals surface area contributed by atoms with Crippen molar-refractivity contribution in [3.8, 4) is 0 Å². The monoisotopic (exact) mass is 238 g/mol. The van der Waals surface area contributed by atoms with Gasteiger partial charge < -0.3 is 5.32 Å². The molecule has 0 aliphatic heterocycles. The fraction of sp³-hybridized carbons (Fsp3) is 0.222. The molecule has 0 atom stereocenters. The second-order valence-electron chi connectivity index (χ2n) is 3.22. The van der Waals surface area contributed by atoms with Crippen molar-refractivity contribution in [3.05, 3.63) is 38.2 Å². The third-order valence-corrected chi connectivity index (χ3v) is 2.93. The molecule has 0 aliphatic carbocycles. The van der Waals surface area contributed by atoms with Crippen LogP contribution in [0.1, 0.15) is 20.4 Å². The van der Waals surface area contributed by atoms with Crippen molar-refractivity contribution in [1.82, 2.24) is 20.5 Å². The molecule has 0 spiro atoms. The Morgan fingerprint density at radius 1 is 1.56 bits per heavy atom. The number of aryl methyl sites for hydroxylation is 1. The standard InChI is InChI=1S/C9H10N4O2S/c1-5-2-3-6(16-5)8(14)10-4-7-11-9(15)13-12-7/h2-3H,4H2,1H3,(H,10,14)(H2,11,12,13,15). The Balaban J connectivity index is 1.96. The van der Waals surface area contributed by atoms with Crippen LogP contribution in [0.15, 0.2) is 16.9 Å². The summed E-state index contributed by atoms with van der Waals surface area (Å²) in [5.41, 5.74) is -0.379. The second-order valence-corrected chi connectivity index (χ2v) is 4.51. The van der Waals surface area contributed by atoms with Gasteiger partial charge in [-0.15, -0.1) is 11.3 Å². The number of hydrogen-bond acceptors (Lipinski definition) is 4. The number of H-pyrrole nitrogens is 2. The minimum Gasteiger partial charge on any atom is -0.344 e. The van der Waals surface area contributed by atoms with Crippen LogP contribution in [0, 0.1) is 6.92 Å². The molecule has 6 nitrogen and oxygen atoms in total. The summed E-state index contributed by atoms with van der Waals surface area (Å²) in [6.45, 7) is 2.14. The summed E-state index contributed by atoms with van der Waals surface area (Å²) in [6, 6.07) is 3.65. The van der Waals surface area contributed by atoms with Gasteiger partial charge in [-0.25, -0.2) is 9.89 Å². The Morgan fingerprint density at radius 3 is 2.94 bits per heavy atom. The van der Waals surface area contributed by atoms with Gasteiger partial charge in [0, 0.05) is 4.88 Å². The first-order chi connectivity index (χ1) is 7.65. The lowest BCUT2D eigenvalue weighted by Crippen LogP contribution is -2.22. The highest BCUT2D eigenvalue weighted by Crippen LogP contribution is 2.14. The zero-order valence-corrected chi connectivity index (χ0v) is 9.35. The van der Waals surface area contributed by atoms with Crippen molar-refractivity contribution in [1.29, 1.82) is 0 Å². The van der Waals surface area contributed by atoms with E-state index in [0.29, 0.717) is 10.7 Å². The molecular formula is C9H10N4O2S. The Bertz CT molecular complexity index is 554. The fourth-order valence-electron chi connectivity index (χ4n) is 1.20. The fourth-order valence-corrected chi connectivity index (χ4v) is 1.98. The van der Waals surface area contributed by atoms with E-state index in [1.54, 1.807) is 6.07 Å². The third kappa shape index (κ3) is 2.37. The molecule has 84 valence electrons. The molecule has 2 aromatic rings. The summed E-state index contributed by atoms with van der Waals surface area (Å²) in [5, 5.41) is 8.57. The van der Waals surface area contributed by atoms with E-state index in [4.69, 9.17) is 0 Å². The van der Waals surface area contributed by atoms with Crippen molar-refractivity contribution in [2.45, 2.75) is 13.5 Å². The Kier molecular flexibility index (Phi) is 2.86. The van der Waals surface area contributed by atoms with Crippen LogP contribution in [0.4, 0.5) is 0 Å². The van der Waals surface area contributed by atoms with E-state index < -0.39 is 0 Å². The van der Waals surface area contributed by atoms with Crippen molar-refractivity contribution < 1.29 is 4.79 Å². The summed E-state index contributed by atoms with van der Waals surface area (Å²) >= 11 is 1.42. The van der Waals surface area contributed by atoms with Crippen molar-refractivity contribution in [3.63, 3.8) is 0 Å². The molecule has 0 bridgehead atoms. The smallest absolute Gasteiger partial charge is 0.340 e. The third-order valence-electron chi connectivity index (χ3n) is 1.93. The van der Waals surface area contributed by atoms with Crippen LogP contribution < -0.4 is 11.0 Å². The minimum atomic E-state index is -0.379. The molecule has 2 aromatic heterocycles. The number of amides is 1. The van der Waals surface area contributed by atoms with Crippen molar-refractivity contribution >= 4 is 17.2 Å². The molecule has 3 N–H and O–H groups in total. The summed E-state index contributed by atoms with van der Waals surface area (Å²) in [6.07, 6.45) is 0. The summed E-state index contributed by atoms with van der Waals surface area (Å²) in [5.74, 6) is 0.244. The highest BCUT2D eigenvalue weighted by Gasteiger charge is 2.08. The number of carbonyl (C=O) groups excluding carboxylic acids is 1. The Hall–Kier alpha value is -1.89. The predicted molar refractivity (Wildman–Crippen MR) is 59.4 cm³/mol. The van der Waals surface area contributed by atoms with Gasteiger partial charge in [-0.1, -0.05) is 0 Å². The molecule has 0 aromatic carbocycles. The minimum absolute atomic E-state index is 0.165. The molecule has 0 saturated carbocycles. The number of thiophene rings is 1. The van der Waals surface area contributed by atoms with E-state index in [1.807, 2.05) is 13.0 Å². The highest BCUT2D eigenvalue weighted by atomic mass is 32.1. The van der Waals surface area contributed by atoms with Gasteiger partial charge in [0.15, 0.2) is 0 Å². The van der Waals surface area contributed by atoms with Crippen LogP contribution in [0.2, 0.25) is 0 Å². The molecule has 0 radical (unpaired) electrons. The lowest BCUT2D eigenvalue weighted by Gasteiger charge is -1.99. The zero-order valence-electron chi connectivity index (χ0n) is 8.53. The Labute approximate surface area is 94.7 Å². The number of aromatic amines is 2. The molecule has 7 heteroatoms. The lowest BCUT2D eigenvalue weighted by molar-refractivity contribution is 0.0954. The predicted octanol–water partition coefficient (Wildman–Crippen LogP) is 0.398. The second kappa shape index (κ2) is 4.31. The number of nitrogens with zero attached hydrogens (tertiary/aromatic N) is 1. The summed E-state index contributed by atoms with van der Waals surface area (Å²) in [7, 11) is 0. The maximum atomic E-state index is 11.6. The van der Waals surface area contributed by atoms with E-state index in [1.165, 1.54) is 11.3 Å². The SMILES string of the molecule is Cc1ccc(C(=O)NCc2n[nH]c(=O)[nH]2)s1. The molecule has 0 unspecified atom stereocenters. The van der Waals surface area contributed by atoms with Crippen molar-refractivity contribution in [2.24, 2.45) is 0 Å². The van der Waals surface area contributed by atoms with Crippen molar-refractivity contribution in [2.75, 3.05) is 0 Å². The van der Waals surface area contributed by atoms with Crippen LogP contribution in [-0.2, 0) is 6.54 Å². The first-order valence-corrected chi connectivity index (χ1v) is 5.45. The number of carbonyl (C=O) groups is 1. The quantitative estimate of drug-likeness (QED) is 0.722. The van der Waals surface area contributed by atoms with Gasteiger partial charge in [0.05, 0.1) is 11.4 Å². The van der Waals surface area contributed by atoms with Crippen LogP contribution in [0.5, 0.6) is 0 Å². The average molecular weight is 238 g/mol. The normalized spacial score (nSPS) is 10.3. The van der Waals surface area contributed by atoms with E-state index >= 15 is 0 Å². The Morgan fingerprint density at radius 2 is 2.38 bits per heavy atom. The van der Waals surface area contributed by atoms with E-state index in [2.05, 4.69) is 20.5 Å². The molecule has 0 aliphatic rings. The van der Waals surface area contributed by atoms with Gasteiger partial charge in [-0.05, 0) is 19.1 Å². The molecule has 2 heterocycles. The largest absolute Gasteiger partial charge is 0.344 e. The molecule has 2 rings (SSSR count). The molecular weight excluding hydrogens is 228 g/mol. The highest BCUT2D eigenvalue weighted by molar-refractivity contribution is 7.13. The molecule has 0 fully saturated rings. The van der Waals surface area contributed by atoms with Crippen LogP contribution >= 0.6 is 11.3 Å². The first-order valence-electron chi connectivity index (χ1n) is 4.63. The summed E-state index contributed by atoms with van der Waals surface area (Å²) < 4.78 is 0. The topological polar surface area (TPSA) is 90.6 Å². The summed E-state index contributed by atoms with van der Waals surface area (Å²) in [4.78, 5) is 26.5. The maximum Gasteiger partial charge on any atom is 0.340 e. The van der Waals surface area contributed by atoms with Gasteiger partial charge in [-0.3, -0.25) is 9.78 Å². The van der Waals surface area contributed by atoms with E-state index in [9.17, 15) is 9.59 Å². The number of hydrogen-bond donors (Lipinski definition) is 3. The molecule has 16 heavy (non-hydrogen) atoms. The van der Waals surface area contributed by atoms with Gasteiger partial charge in [0.2, 0.25) is 0 Å². The van der Waals surface area contributed by atoms with Gasteiger partial charge in [0.1, 0.15) is 5.82 Å². The molecule has 0 saturated heterocycles. The maximum absolute atomic E-state index is 11.6. The number of nitrogens with one attached hydrogen (secondary N) is 3. The van der Waals surface area contributed by atoms with E-state index in [-0.39, 0.29) is 18.1 Å². The van der Waals surface area contributed by atoms with Gasteiger partial charge >= 0.3 is 5.69 Å². The van der Waals surface area contributed by atoms with Gasteiger partial charge in [0.25, 0.3) is 5.91 Å². The van der Waals surface area contributed by atoms with Gasteiger partial charge in [-0.2, -0.15) is 5.10 Å². The van der Waals surface area contributed by atoms with Crippen LogP contribution in [0.3, 0.4) is 0 Å². The number of rotatable bonds is 3.